The molecule has 1 atom stereocenters. The highest BCUT2D eigenvalue weighted by Crippen LogP contribution is 2.42. The largest absolute Gasteiger partial charge is 0.312 e. The number of rotatable bonds is 4. The molecule has 94 valence electrons. The summed E-state index contributed by atoms with van der Waals surface area (Å²) in [5.41, 5.74) is 0.292. The van der Waals surface area contributed by atoms with E-state index in [9.17, 15) is 0 Å². The Kier molecular flexibility index (Phi) is 3.94. The Morgan fingerprint density at radius 3 is 1.81 bits per heavy atom. The summed E-state index contributed by atoms with van der Waals surface area (Å²) in [5.74, 6) is 3.08. The van der Waals surface area contributed by atoms with Crippen molar-refractivity contribution in [2.45, 2.75) is 71.3 Å². The smallest absolute Gasteiger partial charge is 0.00966 e. The third-order valence-corrected chi connectivity index (χ3v) is 4.63. The van der Waals surface area contributed by atoms with Crippen LogP contribution in [0, 0.1) is 17.8 Å². The Bertz CT molecular complexity index is 206. The number of nitrogens with one attached hydrogen (secondary N) is 1. The zero-order valence-electron chi connectivity index (χ0n) is 11.4. The van der Waals surface area contributed by atoms with Gasteiger partial charge >= 0.3 is 0 Å². The van der Waals surface area contributed by atoms with Crippen LogP contribution < -0.4 is 5.32 Å². The van der Waals surface area contributed by atoms with E-state index in [0.29, 0.717) is 5.54 Å². The summed E-state index contributed by atoms with van der Waals surface area (Å²) in [6.07, 6.45) is 10.5. The van der Waals surface area contributed by atoms with Crippen LogP contribution in [-0.2, 0) is 0 Å². The average molecular weight is 223 g/mol. The van der Waals surface area contributed by atoms with Gasteiger partial charge in [-0.2, -0.15) is 0 Å². The highest BCUT2D eigenvalue weighted by Gasteiger charge is 2.34. The van der Waals surface area contributed by atoms with Gasteiger partial charge in [-0.15, -0.1) is 0 Å². The molecule has 2 fully saturated rings. The molecule has 0 aromatic heterocycles. The molecule has 1 unspecified atom stereocenters. The Balaban J connectivity index is 1.86. The lowest BCUT2D eigenvalue weighted by atomic mass is 9.70. The minimum atomic E-state index is 0.292. The van der Waals surface area contributed by atoms with E-state index < -0.39 is 0 Å². The van der Waals surface area contributed by atoms with Crippen LogP contribution in [0.5, 0.6) is 0 Å². The van der Waals surface area contributed by atoms with Crippen molar-refractivity contribution in [3.05, 3.63) is 0 Å². The minimum absolute atomic E-state index is 0.292. The summed E-state index contributed by atoms with van der Waals surface area (Å²) in [6.45, 7) is 8.14. The van der Waals surface area contributed by atoms with Gasteiger partial charge in [0.15, 0.2) is 0 Å². The van der Waals surface area contributed by atoms with Gasteiger partial charge < -0.3 is 5.32 Å². The normalized spacial score (nSPS) is 25.7. The third kappa shape index (κ3) is 3.23. The summed E-state index contributed by atoms with van der Waals surface area (Å²) in [6, 6.07) is 0. The molecule has 2 aliphatic rings. The molecular weight excluding hydrogens is 194 g/mol. The fourth-order valence-corrected chi connectivity index (χ4v) is 3.40. The summed E-state index contributed by atoms with van der Waals surface area (Å²) in [5, 5.41) is 3.75. The van der Waals surface area contributed by atoms with Crippen molar-refractivity contribution in [3.63, 3.8) is 0 Å². The average Bonchev–Trinajstić information content (AvgIpc) is 2.59. The van der Waals surface area contributed by atoms with Crippen molar-refractivity contribution in [2.24, 2.45) is 17.8 Å². The van der Waals surface area contributed by atoms with Gasteiger partial charge in [-0.1, -0.05) is 44.9 Å². The highest BCUT2D eigenvalue weighted by molar-refractivity contribution is 4.87. The summed E-state index contributed by atoms with van der Waals surface area (Å²) in [7, 11) is 0. The Morgan fingerprint density at radius 1 is 0.938 bits per heavy atom. The molecule has 0 aromatic rings. The number of hydrogen-bond acceptors (Lipinski definition) is 1. The standard InChI is InChI=1S/C15H29N/c1-15(2,3)16-11-14(13-9-6-10-13)12-7-4-5-8-12/h12-14,16H,4-11H2,1-3H3. The first-order valence-electron chi connectivity index (χ1n) is 7.31. The van der Waals surface area contributed by atoms with Crippen molar-refractivity contribution in [3.8, 4) is 0 Å². The van der Waals surface area contributed by atoms with Crippen LogP contribution >= 0.6 is 0 Å². The van der Waals surface area contributed by atoms with Crippen molar-refractivity contribution in [1.29, 1.82) is 0 Å². The molecule has 1 nitrogen and oxygen atoms in total. The lowest BCUT2D eigenvalue weighted by Gasteiger charge is -2.39. The fraction of sp³-hybridized carbons (Fsp3) is 1.00. The fourth-order valence-electron chi connectivity index (χ4n) is 3.40. The second-order valence-electron chi connectivity index (χ2n) is 7.03. The predicted molar refractivity (Wildman–Crippen MR) is 70.5 cm³/mol. The molecule has 16 heavy (non-hydrogen) atoms. The first kappa shape index (κ1) is 12.4. The van der Waals surface area contributed by atoms with Gasteiger partial charge in [-0.05, 0) is 45.1 Å². The topological polar surface area (TPSA) is 12.0 Å². The molecule has 2 aliphatic carbocycles. The van der Waals surface area contributed by atoms with Crippen LogP contribution in [0.1, 0.15) is 65.7 Å². The second-order valence-corrected chi connectivity index (χ2v) is 7.03. The molecular formula is C15H29N. The van der Waals surface area contributed by atoms with E-state index in [0.717, 1.165) is 17.8 Å². The molecule has 0 heterocycles. The van der Waals surface area contributed by atoms with E-state index in [1.807, 2.05) is 0 Å². The molecule has 0 radical (unpaired) electrons. The SMILES string of the molecule is CC(C)(C)NCC(C1CCCC1)C1CCC1. The first-order valence-corrected chi connectivity index (χ1v) is 7.31. The third-order valence-electron chi connectivity index (χ3n) is 4.63. The van der Waals surface area contributed by atoms with Crippen molar-refractivity contribution in [1.82, 2.24) is 5.32 Å². The lowest BCUT2D eigenvalue weighted by Crippen LogP contribution is -2.43. The zero-order chi connectivity index (χ0) is 11.6. The van der Waals surface area contributed by atoms with Crippen LogP contribution in [0.3, 0.4) is 0 Å². The Hall–Kier alpha value is -0.0400. The van der Waals surface area contributed by atoms with E-state index in [1.54, 1.807) is 0 Å². The molecule has 1 heteroatoms. The quantitative estimate of drug-likeness (QED) is 0.760. The first-order chi connectivity index (χ1) is 7.56. The van der Waals surface area contributed by atoms with Crippen molar-refractivity contribution < 1.29 is 0 Å². The van der Waals surface area contributed by atoms with Gasteiger partial charge in [-0.25, -0.2) is 0 Å². The van der Waals surface area contributed by atoms with Crippen molar-refractivity contribution >= 4 is 0 Å². The monoisotopic (exact) mass is 223 g/mol. The predicted octanol–water partition coefficient (Wildman–Crippen LogP) is 3.98. The van der Waals surface area contributed by atoms with Crippen molar-refractivity contribution in [2.75, 3.05) is 6.54 Å². The van der Waals surface area contributed by atoms with Gasteiger partial charge in [0.05, 0.1) is 0 Å². The molecule has 0 bridgehead atoms. The van der Waals surface area contributed by atoms with Crippen LogP contribution in [0.15, 0.2) is 0 Å². The van der Waals surface area contributed by atoms with E-state index >= 15 is 0 Å². The molecule has 0 aromatic carbocycles. The van der Waals surface area contributed by atoms with E-state index in [2.05, 4.69) is 26.1 Å². The van der Waals surface area contributed by atoms with Crippen LogP contribution in [-0.4, -0.2) is 12.1 Å². The second kappa shape index (κ2) is 5.08. The maximum Gasteiger partial charge on any atom is 0.00966 e. The summed E-state index contributed by atoms with van der Waals surface area (Å²) in [4.78, 5) is 0. The highest BCUT2D eigenvalue weighted by atomic mass is 14.9. The van der Waals surface area contributed by atoms with Gasteiger partial charge in [-0.3, -0.25) is 0 Å². The molecule has 0 aliphatic heterocycles. The Labute approximate surface area is 101 Å². The van der Waals surface area contributed by atoms with Crippen LogP contribution in [0.2, 0.25) is 0 Å². The lowest BCUT2D eigenvalue weighted by molar-refractivity contribution is 0.134. The van der Waals surface area contributed by atoms with Gasteiger partial charge in [0.25, 0.3) is 0 Å². The molecule has 2 saturated carbocycles. The van der Waals surface area contributed by atoms with Crippen LogP contribution in [0.4, 0.5) is 0 Å². The Morgan fingerprint density at radius 2 is 1.44 bits per heavy atom. The molecule has 2 rings (SSSR count). The summed E-state index contributed by atoms with van der Waals surface area (Å²) < 4.78 is 0. The molecule has 0 spiro atoms. The van der Waals surface area contributed by atoms with E-state index in [1.165, 1.54) is 51.5 Å². The van der Waals surface area contributed by atoms with Crippen LogP contribution in [0.25, 0.3) is 0 Å². The van der Waals surface area contributed by atoms with Gasteiger partial charge in [0.1, 0.15) is 0 Å². The van der Waals surface area contributed by atoms with Gasteiger partial charge in [0.2, 0.25) is 0 Å². The van der Waals surface area contributed by atoms with E-state index in [4.69, 9.17) is 0 Å². The zero-order valence-corrected chi connectivity index (χ0v) is 11.4. The maximum atomic E-state index is 3.75. The number of hydrogen-bond donors (Lipinski definition) is 1. The minimum Gasteiger partial charge on any atom is -0.312 e. The van der Waals surface area contributed by atoms with Gasteiger partial charge in [0, 0.05) is 5.54 Å². The summed E-state index contributed by atoms with van der Waals surface area (Å²) >= 11 is 0. The molecule has 0 amide bonds. The molecule has 1 N–H and O–H groups in total. The molecule has 0 saturated heterocycles. The maximum absolute atomic E-state index is 3.75. The van der Waals surface area contributed by atoms with E-state index in [-0.39, 0.29) is 0 Å².